The van der Waals surface area contributed by atoms with E-state index < -0.39 is 5.97 Å². The molecule has 1 amide bonds. The van der Waals surface area contributed by atoms with Crippen LogP contribution in [0.25, 0.3) is 10.8 Å². The summed E-state index contributed by atoms with van der Waals surface area (Å²) in [6.07, 6.45) is 0. The lowest BCUT2D eigenvalue weighted by Crippen LogP contribution is -2.16. The maximum atomic E-state index is 12.2. The van der Waals surface area contributed by atoms with Crippen molar-refractivity contribution in [2.45, 2.75) is 19.1 Å². The molecule has 0 saturated heterocycles. The molecule has 0 aliphatic rings. The number of amides is 1. The van der Waals surface area contributed by atoms with Crippen LogP contribution in [0, 0.1) is 13.8 Å². The summed E-state index contributed by atoms with van der Waals surface area (Å²) < 4.78 is 10.3. The van der Waals surface area contributed by atoms with E-state index in [9.17, 15) is 9.59 Å². The highest BCUT2D eigenvalue weighted by atomic mass is 32.2. The number of esters is 1. The van der Waals surface area contributed by atoms with Crippen molar-refractivity contribution in [2.75, 3.05) is 18.2 Å². The monoisotopic (exact) mass is 409 g/mol. The maximum Gasteiger partial charge on any atom is 0.341 e. The molecule has 3 heterocycles. The van der Waals surface area contributed by atoms with Gasteiger partial charge in [-0.2, -0.15) is 0 Å². The second-order valence-corrected chi connectivity index (χ2v) is 8.27. The number of nitrogens with one attached hydrogen (secondary N) is 1. The van der Waals surface area contributed by atoms with E-state index in [1.54, 1.807) is 0 Å². The first-order valence-corrected chi connectivity index (χ1v) is 10.2. The van der Waals surface area contributed by atoms with Crippen LogP contribution in [0.4, 0.5) is 5.00 Å². The van der Waals surface area contributed by atoms with Gasteiger partial charge in [0.25, 0.3) is 11.1 Å². The van der Waals surface area contributed by atoms with Crippen LogP contribution >= 0.6 is 34.4 Å². The van der Waals surface area contributed by atoms with Crippen molar-refractivity contribution in [1.29, 1.82) is 0 Å². The number of hydrogen-bond acceptors (Lipinski definition) is 9. The minimum Gasteiger partial charge on any atom is -0.465 e. The molecule has 26 heavy (non-hydrogen) atoms. The number of hydrogen-bond donors (Lipinski definition) is 1. The Balaban J connectivity index is 1.63. The smallest absolute Gasteiger partial charge is 0.341 e. The first-order valence-electron chi connectivity index (χ1n) is 7.48. The third-order valence-electron chi connectivity index (χ3n) is 3.49. The van der Waals surface area contributed by atoms with Gasteiger partial charge in [0.15, 0.2) is 0 Å². The Labute approximate surface area is 161 Å². The normalized spacial score (nSPS) is 10.7. The largest absolute Gasteiger partial charge is 0.465 e. The Morgan fingerprint density at radius 3 is 2.85 bits per heavy atom. The second-order valence-electron chi connectivity index (χ2n) is 5.17. The van der Waals surface area contributed by atoms with E-state index in [1.807, 2.05) is 31.4 Å². The van der Waals surface area contributed by atoms with Crippen LogP contribution in [-0.4, -0.2) is 34.9 Å². The van der Waals surface area contributed by atoms with Gasteiger partial charge in [-0.1, -0.05) is 17.8 Å². The molecule has 0 spiro atoms. The van der Waals surface area contributed by atoms with Gasteiger partial charge in [0.2, 0.25) is 5.91 Å². The SMILES string of the molecule is COC(=O)c1c(NC(=O)CSc2nnc(-c3cccs3)o2)sc(C)c1C. The molecular weight excluding hydrogens is 394 g/mol. The van der Waals surface area contributed by atoms with Crippen LogP contribution in [0.2, 0.25) is 0 Å². The Morgan fingerprint density at radius 2 is 2.15 bits per heavy atom. The van der Waals surface area contributed by atoms with E-state index in [1.165, 1.54) is 29.8 Å². The summed E-state index contributed by atoms with van der Waals surface area (Å²) in [5, 5.41) is 13.4. The van der Waals surface area contributed by atoms with E-state index in [4.69, 9.17) is 9.15 Å². The molecule has 10 heteroatoms. The molecule has 0 aliphatic carbocycles. The van der Waals surface area contributed by atoms with Crippen LogP contribution in [0.15, 0.2) is 27.2 Å². The zero-order valence-corrected chi connectivity index (χ0v) is 16.6. The molecule has 7 nitrogen and oxygen atoms in total. The van der Waals surface area contributed by atoms with Gasteiger partial charge >= 0.3 is 5.97 Å². The number of ether oxygens (including phenoxy) is 1. The number of nitrogens with zero attached hydrogens (tertiary/aromatic N) is 2. The fourth-order valence-corrected chi connectivity index (χ4v) is 4.39. The molecule has 0 unspecified atom stereocenters. The van der Waals surface area contributed by atoms with E-state index in [0.29, 0.717) is 21.7 Å². The third-order valence-corrected chi connectivity index (χ3v) is 6.29. The van der Waals surface area contributed by atoms with Gasteiger partial charge < -0.3 is 14.5 Å². The van der Waals surface area contributed by atoms with Gasteiger partial charge in [-0.25, -0.2) is 4.79 Å². The minimum atomic E-state index is -0.465. The third kappa shape index (κ3) is 3.97. The first kappa shape index (κ1) is 18.6. The number of rotatable bonds is 6. The lowest BCUT2D eigenvalue weighted by atomic mass is 10.1. The zero-order chi connectivity index (χ0) is 18.7. The van der Waals surface area contributed by atoms with E-state index in [-0.39, 0.29) is 11.7 Å². The Kier molecular flexibility index (Phi) is 5.74. The molecule has 3 aromatic heterocycles. The first-order chi connectivity index (χ1) is 12.5. The molecule has 3 rings (SSSR count). The summed E-state index contributed by atoms with van der Waals surface area (Å²) >= 11 is 3.98. The average Bonchev–Trinajstić information content (AvgIpc) is 3.34. The highest BCUT2D eigenvalue weighted by Gasteiger charge is 2.22. The van der Waals surface area contributed by atoms with Crippen LogP contribution in [0.5, 0.6) is 0 Å². The maximum absolute atomic E-state index is 12.2. The quantitative estimate of drug-likeness (QED) is 0.486. The number of aromatic nitrogens is 2. The molecule has 0 fully saturated rings. The van der Waals surface area contributed by atoms with Crippen molar-refractivity contribution in [3.63, 3.8) is 0 Å². The van der Waals surface area contributed by atoms with Crippen molar-refractivity contribution in [1.82, 2.24) is 10.2 Å². The number of thioether (sulfide) groups is 1. The fraction of sp³-hybridized carbons (Fsp3) is 0.250. The molecule has 0 atom stereocenters. The Morgan fingerprint density at radius 1 is 1.35 bits per heavy atom. The molecule has 0 aromatic carbocycles. The summed E-state index contributed by atoms with van der Waals surface area (Å²) in [6.45, 7) is 3.72. The van der Waals surface area contributed by atoms with Crippen LogP contribution < -0.4 is 5.32 Å². The minimum absolute atomic E-state index is 0.0860. The molecule has 1 N–H and O–H groups in total. The molecule has 0 aliphatic heterocycles. The van der Waals surface area contributed by atoms with Crippen LogP contribution in [0.3, 0.4) is 0 Å². The predicted molar refractivity (Wildman–Crippen MR) is 102 cm³/mol. The molecule has 3 aromatic rings. The number of carbonyl (C=O) groups is 2. The van der Waals surface area contributed by atoms with Crippen molar-refractivity contribution < 1.29 is 18.7 Å². The van der Waals surface area contributed by atoms with Crippen molar-refractivity contribution in [3.8, 4) is 10.8 Å². The Hall–Kier alpha value is -2.17. The fourth-order valence-electron chi connectivity index (χ4n) is 2.12. The molecule has 0 saturated carbocycles. The lowest BCUT2D eigenvalue weighted by Gasteiger charge is -2.05. The standard InChI is InChI=1S/C16H15N3O4S3/c1-8-9(2)26-14(12(8)15(21)22-3)17-11(20)7-25-16-19-18-13(23-16)10-5-4-6-24-10/h4-6H,7H2,1-3H3,(H,17,20). The lowest BCUT2D eigenvalue weighted by molar-refractivity contribution is -0.113. The van der Waals surface area contributed by atoms with Crippen LogP contribution in [0.1, 0.15) is 20.8 Å². The average molecular weight is 410 g/mol. The van der Waals surface area contributed by atoms with Gasteiger partial charge in [-0.15, -0.1) is 32.9 Å². The predicted octanol–water partition coefficient (Wildman–Crippen LogP) is 3.99. The van der Waals surface area contributed by atoms with Gasteiger partial charge in [-0.05, 0) is 30.9 Å². The van der Waals surface area contributed by atoms with E-state index in [2.05, 4.69) is 15.5 Å². The molecule has 0 bridgehead atoms. The zero-order valence-electron chi connectivity index (χ0n) is 14.2. The molecule has 0 radical (unpaired) electrons. The van der Waals surface area contributed by atoms with Gasteiger partial charge in [0.05, 0.1) is 23.3 Å². The van der Waals surface area contributed by atoms with Crippen LogP contribution in [-0.2, 0) is 9.53 Å². The number of anilines is 1. The van der Waals surface area contributed by atoms with E-state index in [0.717, 1.165) is 27.1 Å². The summed E-state index contributed by atoms with van der Waals surface area (Å²) in [4.78, 5) is 26.0. The van der Waals surface area contributed by atoms with Crippen molar-refractivity contribution in [3.05, 3.63) is 33.5 Å². The summed E-state index contributed by atoms with van der Waals surface area (Å²) in [5.41, 5.74) is 1.20. The van der Waals surface area contributed by atoms with Gasteiger partial charge in [-0.3, -0.25) is 4.79 Å². The second kappa shape index (κ2) is 8.02. The topological polar surface area (TPSA) is 94.3 Å². The molecular formula is C16H15N3O4S3. The number of methoxy groups -OCH3 is 1. The number of aryl methyl sites for hydroxylation is 1. The molecule has 136 valence electrons. The summed E-state index contributed by atoms with van der Waals surface area (Å²) in [6, 6.07) is 3.78. The number of thiophene rings is 2. The summed E-state index contributed by atoms with van der Waals surface area (Å²) in [7, 11) is 1.32. The van der Waals surface area contributed by atoms with Gasteiger partial charge in [0.1, 0.15) is 5.00 Å². The number of carbonyl (C=O) groups excluding carboxylic acids is 2. The Bertz CT molecular complexity index is 931. The highest BCUT2D eigenvalue weighted by molar-refractivity contribution is 7.99. The van der Waals surface area contributed by atoms with E-state index >= 15 is 0 Å². The highest BCUT2D eigenvalue weighted by Crippen LogP contribution is 2.33. The summed E-state index contributed by atoms with van der Waals surface area (Å²) in [5.74, 6) is -0.215. The van der Waals surface area contributed by atoms with Gasteiger partial charge in [0, 0.05) is 4.88 Å². The van der Waals surface area contributed by atoms with Crippen molar-refractivity contribution in [2.24, 2.45) is 0 Å². The van der Waals surface area contributed by atoms with Crippen molar-refractivity contribution >= 4 is 51.3 Å².